The van der Waals surface area contributed by atoms with Gasteiger partial charge in [-0.25, -0.2) is 0 Å². The summed E-state index contributed by atoms with van der Waals surface area (Å²) in [7, 11) is 0. The van der Waals surface area contributed by atoms with Crippen LogP contribution in [0.15, 0.2) is 18.2 Å². The molecule has 0 saturated heterocycles. The lowest BCUT2D eigenvalue weighted by atomic mass is 9.85. The van der Waals surface area contributed by atoms with Crippen LogP contribution < -0.4 is 10.6 Å². The molecule has 0 heterocycles. The van der Waals surface area contributed by atoms with E-state index in [0.717, 1.165) is 24.7 Å². The number of hydrogen-bond acceptors (Lipinski definition) is 2. The average molecular weight is 239 g/mol. The van der Waals surface area contributed by atoms with Gasteiger partial charge in [-0.05, 0) is 37.8 Å². The van der Waals surface area contributed by atoms with Crippen molar-refractivity contribution >= 4 is 23.0 Å². The Hall–Kier alpha value is -0.890. The molecular weight excluding hydrogens is 220 g/mol. The number of para-hydroxylation sites is 1. The minimum Gasteiger partial charge on any atom is -0.396 e. The van der Waals surface area contributed by atoms with Crippen molar-refractivity contribution < 1.29 is 0 Å². The molecule has 1 fully saturated rings. The number of nitrogen functional groups attached to an aromatic ring is 1. The second-order valence-electron chi connectivity index (χ2n) is 4.51. The monoisotopic (exact) mass is 238 g/mol. The topological polar surface area (TPSA) is 29.3 Å². The van der Waals surface area contributed by atoms with Crippen LogP contribution in [0.25, 0.3) is 0 Å². The number of halogens is 1. The molecule has 0 spiro atoms. The molecule has 0 aromatic heterocycles. The summed E-state index contributed by atoms with van der Waals surface area (Å²) in [4.78, 5) is 2.34. The molecule has 1 saturated carbocycles. The van der Waals surface area contributed by atoms with Crippen LogP contribution in [0.2, 0.25) is 5.02 Å². The van der Waals surface area contributed by atoms with Crippen LogP contribution in [0, 0.1) is 5.92 Å². The molecule has 2 nitrogen and oxygen atoms in total. The molecule has 1 aromatic rings. The fraction of sp³-hybridized carbons (Fsp3) is 0.538. The van der Waals surface area contributed by atoms with Crippen LogP contribution in [0.4, 0.5) is 11.4 Å². The van der Waals surface area contributed by atoms with E-state index in [4.69, 9.17) is 17.3 Å². The average Bonchev–Trinajstić information content (AvgIpc) is 2.22. The van der Waals surface area contributed by atoms with Gasteiger partial charge in [-0.3, -0.25) is 0 Å². The maximum Gasteiger partial charge on any atom is 0.0741 e. The van der Waals surface area contributed by atoms with E-state index >= 15 is 0 Å². The zero-order valence-corrected chi connectivity index (χ0v) is 10.5. The number of rotatable bonds is 4. The number of nitrogens with two attached hydrogens (primary N) is 1. The normalized spacial score (nSPS) is 15.9. The Morgan fingerprint density at radius 3 is 2.75 bits per heavy atom. The van der Waals surface area contributed by atoms with Crippen molar-refractivity contribution in [2.75, 3.05) is 23.7 Å². The lowest BCUT2D eigenvalue weighted by Gasteiger charge is -2.33. The molecule has 0 amide bonds. The standard InChI is InChI=1S/C13H19ClN2/c1-2-16(9-10-5-3-6-10)12-8-4-7-11(14)13(12)15/h4,7-8,10H,2-3,5-6,9,15H2,1H3. The van der Waals surface area contributed by atoms with Gasteiger partial charge in [-0.1, -0.05) is 24.1 Å². The molecule has 0 aliphatic heterocycles. The minimum atomic E-state index is 0.657. The van der Waals surface area contributed by atoms with Crippen molar-refractivity contribution in [3.63, 3.8) is 0 Å². The van der Waals surface area contributed by atoms with Crippen LogP contribution in [0.3, 0.4) is 0 Å². The highest BCUT2D eigenvalue weighted by Gasteiger charge is 2.21. The summed E-state index contributed by atoms with van der Waals surface area (Å²) in [5, 5.41) is 0.657. The fourth-order valence-corrected chi connectivity index (χ4v) is 2.36. The van der Waals surface area contributed by atoms with Gasteiger partial charge >= 0.3 is 0 Å². The molecule has 0 radical (unpaired) electrons. The zero-order chi connectivity index (χ0) is 11.5. The third-order valence-corrected chi connectivity index (χ3v) is 3.79. The molecular formula is C13H19ClN2. The minimum absolute atomic E-state index is 0.657. The quantitative estimate of drug-likeness (QED) is 0.813. The predicted molar refractivity (Wildman–Crippen MR) is 71.1 cm³/mol. The van der Waals surface area contributed by atoms with E-state index in [0.29, 0.717) is 10.7 Å². The van der Waals surface area contributed by atoms with E-state index in [1.54, 1.807) is 0 Å². The first-order valence-electron chi connectivity index (χ1n) is 6.01. The molecule has 16 heavy (non-hydrogen) atoms. The SMILES string of the molecule is CCN(CC1CCC1)c1cccc(Cl)c1N. The molecule has 0 bridgehead atoms. The second kappa shape index (κ2) is 4.96. The van der Waals surface area contributed by atoms with Gasteiger partial charge < -0.3 is 10.6 Å². The summed E-state index contributed by atoms with van der Waals surface area (Å²) in [6.07, 6.45) is 4.10. The first-order valence-corrected chi connectivity index (χ1v) is 6.39. The van der Waals surface area contributed by atoms with E-state index in [-0.39, 0.29) is 0 Å². The highest BCUT2D eigenvalue weighted by Crippen LogP contribution is 2.33. The van der Waals surface area contributed by atoms with Gasteiger partial charge in [0.2, 0.25) is 0 Å². The molecule has 1 aliphatic carbocycles. The summed E-state index contributed by atoms with van der Waals surface area (Å²) in [6.45, 7) is 4.26. The summed E-state index contributed by atoms with van der Waals surface area (Å²) >= 11 is 6.05. The summed E-state index contributed by atoms with van der Waals surface area (Å²) in [5.41, 5.74) is 7.82. The van der Waals surface area contributed by atoms with Crippen LogP contribution in [-0.4, -0.2) is 13.1 Å². The van der Waals surface area contributed by atoms with Gasteiger partial charge in [0.15, 0.2) is 0 Å². The lowest BCUT2D eigenvalue weighted by Crippen LogP contribution is -2.32. The molecule has 2 N–H and O–H groups in total. The summed E-state index contributed by atoms with van der Waals surface area (Å²) in [5.74, 6) is 0.846. The maximum atomic E-state index is 6.05. The zero-order valence-electron chi connectivity index (χ0n) is 9.75. The number of hydrogen-bond donors (Lipinski definition) is 1. The highest BCUT2D eigenvalue weighted by molar-refractivity contribution is 6.33. The fourth-order valence-electron chi connectivity index (χ4n) is 2.19. The molecule has 0 atom stereocenters. The van der Waals surface area contributed by atoms with Crippen molar-refractivity contribution in [2.24, 2.45) is 5.92 Å². The van der Waals surface area contributed by atoms with E-state index in [1.807, 2.05) is 12.1 Å². The Balaban J connectivity index is 2.15. The third-order valence-electron chi connectivity index (χ3n) is 3.46. The first kappa shape index (κ1) is 11.6. The van der Waals surface area contributed by atoms with Crippen molar-refractivity contribution in [3.8, 4) is 0 Å². The van der Waals surface area contributed by atoms with E-state index in [1.165, 1.54) is 19.3 Å². The van der Waals surface area contributed by atoms with Gasteiger partial charge in [-0.15, -0.1) is 0 Å². The molecule has 2 rings (SSSR count). The molecule has 1 aliphatic rings. The van der Waals surface area contributed by atoms with Crippen molar-refractivity contribution in [2.45, 2.75) is 26.2 Å². The first-order chi connectivity index (χ1) is 7.72. The van der Waals surface area contributed by atoms with Crippen LogP contribution in [-0.2, 0) is 0 Å². The molecule has 88 valence electrons. The Morgan fingerprint density at radius 1 is 1.44 bits per heavy atom. The van der Waals surface area contributed by atoms with Gasteiger partial charge in [-0.2, -0.15) is 0 Å². The summed E-state index contributed by atoms with van der Waals surface area (Å²) in [6, 6.07) is 5.87. The number of anilines is 2. The van der Waals surface area contributed by atoms with Gasteiger partial charge in [0.05, 0.1) is 16.4 Å². The van der Waals surface area contributed by atoms with Crippen molar-refractivity contribution in [3.05, 3.63) is 23.2 Å². The number of nitrogens with zero attached hydrogens (tertiary/aromatic N) is 1. The van der Waals surface area contributed by atoms with E-state index in [2.05, 4.69) is 17.9 Å². The molecule has 3 heteroatoms. The smallest absolute Gasteiger partial charge is 0.0741 e. The van der Waals surface area contributed by atoms with Crippen molar-refractivity contribution in [1.29, 1.82) is 0 Å². The third kappa shape index (κ3) is 2.27. The van der Waals surface area contributed by atoms with Gasteiger partial charge in [0, 0.05) is 13.1 Å². The highest BCUT2D eigenvalue weighted by atomic mass is 35.5. The second-order valence-corrected chi connectivity index (χ2v) is 4.92. The van der Waals surface area contributed by atoms with Crippen LogP contribution in [0.1, 0.15) is 26.2 Å². The molecule has 0 unspecified atom stereocenters. The van der Waals surface area contributed by atoms with Gasteiger partial charge in [0.25, 0.3) is 0 Å². The van der Waals surface area contributed by atoms with E-state index in [9.17, 15) is 0 Å². The van der Waals surface area contributed by atoms with Gasteiger partial charge in [0.1, 0.15) is 0 Å². The Bertz CT molecular complexity index is 361. The van der Waals surface area contributed by atoms with Crippen LogP contribution in [0.5, 0.6) is 0 Å². The largest absolute Gasteiger partial charge is 0.396 e. The van der Waals surface area contributed by atoms with E-state index < -0.39 is 0 Å². The Morgan fingerprint density at radius 2 is 2.19 bits per heavy atom. The molecule has 1 aromatic carbocycles. The summed E-state index contributed by atoms with van der Waals surface area (Å²) < 4.78 is 0. The lowest BCUT2D eigenvalue weighted by molar-refractivity contribution is 0.318. The van der Waals surface area contributed by atoms with Crippen molar-refractivity contribution in [1.82, 2.24) is 0 Å². The maximum absolute atomic E-state index is 6.05. The Kier molecular flexibility index (Phi) is 3.59. The Labute approximate surface area is 102 Å². The number of benzene rings is 1. The predicted octanol–water partition coefficient (Wildman–Crippen LogP) is 3.55. The van der Waals surface area contributed by atoms with Crippen LogP contribution >= 0.6 is 11.6 Å².